The molecular weight excluding hydrogens is 222 g/mol. The fourth-order valence-electron chi connectivity index (χ4n) is 2.01. The molecule has 0 N–H and O–H groups in total. The molecule has 0 atom stereocenters. The maximum absolute atomic E-state index is 11.8. The van der Waals surface area contributed by atoms with Gasteiger partial charge in [-0.05, 0) is 19.8 Å². The van der Waals surface area contributed by atoms with Crippen LogP contribution < -0.4 is 0 Å². The molecule has 1 rings (SSSR count). The van der Waals surface area contributed by atoms with Gasteiger partial charge in [0.2, 0.25) is 5.91 Å². The third-order valence-electron chi connectivity index (χ3n) is 3.02. The smallest absolute Gasteiger partial charge is 0.313 e. The molecule has 0 aliphatic carbocycles. The summed E-state index contributed by atoms with van der Waals surface area (Å²) < 4.78 is 4.74. The zero-order valence-corrected chi connectivity index (χ0v) is 10.4. The Bertz CT molecular complexity index is 306. The van der Waals surface area contributed by atoms with Crippen molar-refractivity contribution in [3.8, 4) is 0 Å². The van der Waals surface area contributed by atoms with Gasteiger partial charge in [0.05, 0.1) is 6.61 Å². The average Bonchev–Trinajstić information content (AvgIpc) is 2.29. The summed E-state index contributed by atoms with van der Waals surface area (Å²) in [4.78, 5) is 35.8. The molecule has 0 spiro atoms. The Morgan fingerprint density at radius 2 is 1.82 bits per heavy atom. The van der Waals surface area contributed by atoms with Gasteiger partial charge in [0.1, 0.15) is 12.2 Å². The third-order valence-corrected chi connectivity index (χ3v) is 3.02. The topological polar surface area (TPSA) is 63.7 Å². The first-order valence-corrected chi connectivity index (χ1v) is 5.98. The summed E-state index contributed by atoms with van der Waals surface area (Å²) >= 11 is 0. The Kier molecular flexibility index (Phi) is 5.12. The predicted molar refractivity (Wildman–Crippen MR) is 61.2 cm³/mol. The van der Waals surface area contributed by atoms with Crippen LogP contribution in [-0.4, -0.2) is 42.3 Å². The van der Waals surface area contributed by atoms with Crippen LogP contribution in [0, 0.1) is 5.92 Å². The maximum Gasteiger partial charge on any atom is 0.313 e. The van der Waals surface area contributed by atoms with Gasteiger partial charge in [-0.15, -0.1) is 0 Å². The SMILES string of the molecule is CCOC(=O)CC(=O)C1CCN(C(C)=O)CC1. The molecule has 5 heteroatoms. The third kappa shape index (κ3) is 4.17. The van der Waals surface area contributed by atoms with Crippen LogP contribution in [0.3, 0.4) is 0 Å². The number of likely N-dealkylation sites (tertiary alicyclic amines) is 1. The van der Waals surface area contributed by atoms with Gasteiger partial charge in [-0.2, -0.15) is 0 Å². The van der Waals surface area contributed by atoms with E-state index >= 15 is 0 Å². The Balaban J connectivity index is 2.35. The Morgan fingerprint density at radius 3 is 2.29 bits per heavy atom. The second kappa shape index (κ2) is 6.37. The standard InChI is InChI=1S/C12H19NO4/c1-3-17-12(16)8-11(15)10-4-6-13(7-5-10)9(2)14/h10H,3-8H2,1-2H3. The van der Waals surface area contributed by atoms with Crippen LogP contribution in [0.2, 0.25) is 0 Å². The van der Waals surface area contributed by atoms with Gasteiger partial charge in [0.15, 0.2) is 0 Å². The number of carbonyl (C=O) groups excluding carboxylic acids is 3. The minimum Gasteiger partial charge on any atom is -0.466 e. The van der Waals surface area contributed by atoms with Crippen LogP contribution in [0.1, 0.15) is 33.1 Å². The molecule has 0 aromatic heterocycles. The molecule has 1 aliphatic heterocycles. The molecule has 96 valence electrons. The summed E-state index contributed by atoms with van der Waals surface area (Å²) in [5, 5.41) is 0. The number of ketones is 1. The molecule has 0 bridgehead atoms. The van der Waals surface area contributed by atoms with E-state index in [0.717, 1.165) is 0 Å². The van der Waals surface area contributed by atoms with Crippen LogP contribution in [0.5, 0.6) is 0 Å². The number of ether oxygens (including phenoxy) is 1. The minimum absolute atomic E-state index is 0.0429. The summed E-state index contributed by atoms with van der Waals surface area (Å²) in [5.41, 5.74) is 0. The lowest BCUT2D eigenvalue weighted by Gasteiger charge is -2.30. The Hall–Kier alpha value is -1.39. The number of rotatable bonds is 4. The first-order chi connectivity index (χ1) is 8.04. The first-order valence-electron chi connectivity index (χ1n) is 5.98. The molecule has 0 radical (unpaired) electrons. The van der Waals surface area contributed by atoms with Crippen molar-refractivity contribution in [1.82, 2.24) is 4.90 Å². The molecule has 1 saturated heterocycles. The van der Waals surface area contributed by atoms with Crippen molar-refractivity contribution in [1.29, 1.82) is 0 Å². The average molecular weight is 241 g/mol. The van der Waals surface area contributed by atoms with E-state index in [1.807, 2.05) is 0 Å². The highest BCUT2D eigenvalue weighted by molar-refractivity contribution is 5.96. The molecule has 1 heterocycles. The van der Waals surface area contributed by atoms with Gasteiger partial charge in [0, 0.05) is 25.9 Å². The van der Waals surface area contributed by atoms with Gasteiger partial charge in [0.25, 0.3) is 0 Å². The second-order valence-electron chi connectivity index (χ2n) is 4.23. The Labute approximate surface area is 101 Å². The van der Waals surface area contributed by atoms with Gasteiger partial charge in [-0.3, -0.25) is 14.4 Å². The summed E-state index contributed by atoms with van der Waals surface area (Å²) in [6.45, 7) is 4.76. The van der Waals surface area contributed by atoms with Crippen LogP contribution >= 0.6 is 0 Å². The van der Waals surface area contributed by atoms with Gasteiger partial charge >= 0.3 is 5.97 Å². The molecule has 17 heavy (non-hydrogen) atoms. The summed E-state index contributed by atoms with van der Waals surface area (Å²) in [6, 6.07) is 0. The van der Waals surface area contributed by atoms with Gasteiger partial charge in [-0.25, -0.2) is 0 Å². The maximum atomic E-state index is 11.8. The lowest BCUT2D eigenvalue weighted by atomic mass is 9.91. The van der Waals surface area contributed by atoms with E-state index in [4.69, 9.17) is 4.74 Å². The van der Waals surface area contributed by atoms with E-state index in [0.29, 0.717) is 32.5 Å². The summed E-state index contributed by atoms with van der Waals surface area (Å²) in [6.07, 6.45) is 1.16. The highest BCUT2D eigenvalue weighted by atomic mass is 16.5. The van der Waals surface area contributed by atoms with E-state index in [1.165, 1.54) is 6.92 Å². The highest BCUT2D eigenvalue weighted by Gasteiger charge is 2.27. The zero-order chi connectivity index (χ0) is 12.8. The molecule has 0 aromatic rings. The molecular formula is C12H19NO4. The van der Waals surface area contributed by atoms with Crippen LogP contribution in [-0.2, 0) is 19.1 Å². The summed E-state index contributed by atoms with van der Waals surface area (Å²) in [7, 11) is 0. The van der Waals surface area contributed by atoms with E-state index in [-0.39, 0.29) is 24.0 Å². The van der Waals surface area contributed by atoms with E-state index in [1.54, 1.807) is 11.8 Å². The largest absolute Gasteiger partial charge is 0.466 e. The van der Waals surface area contributed by atoms with Crippen molar-refractivity contribution in [2.24, 2.45) is 5.92 Å². The fraction of sp³-hybridized carbons (Fsp3) is 0.750. The quantitative estimate of drug-likeness (QED) is 0.538. The fourth-order valence-corrected chi connectivity index (χ4v) is 2.01. The number of amides is 1. The van der Waals surface area contributed by atoms with Crippen molar-refractivity contribution in [2.75, 3.05) is 19.7 Å². The van der Waals surface area contributed by atoms with Crippen LogP contribution in [0.15, 0.2) is 0 Å². The van der Waals surface area contributed by atoms with Crippen molar-refractivity contribution in [3.05, 3.63) is 0 Å². The first kappa shape index (κ1) is 13.7. The highest BCUT2D eigenvalue weighted by Crippen LogP contribution is 2.19. The number of nitrogens with zero attached hydrogens (tertiary/aromatic N) is 1. The van der Waals surface area contributed by atoms with Gasteiger partial charge < -0.3 is 9.64 Å². The predicted octanol–water partition coefficient (Wildman–Crippen LogP) is 0.767. The van der Waals surface area contributed by atoms with Crippen LogP contribution in [0.25, 0.3) is 0 Å². The zero-order valence-electron chi connectivity index (χ0n) is 10.4. The van der Waals surface area contributed by atoms with E-state index in [2.05, 4.69) is 0 Å². The number of carbonyl (C=O) groups is 3. The molecule has 1 fully saturated rings. The molecule has 0 saturated carbocycles. The number of hydrogen-bond acceptors (Lipinski definition) is 4. The number of Topliss-reactive ketones (excluding diaryl/α,β-unsaturated/α-hetero) is 1. The molecule has 1 aliphatic rings. The van der Waals surface area contributed by atoms with E-state index in [9.17, 15) is 14.4 Å². The van der Waals surface area contributed by atoms with Gasteiger partial charge in [-0.1, -0.05) is 0 Å². The van der Waals surface area contributed by atoms with Crippen molar-refractivity contribution < 1.29 is 19.1 Å². The molecule has 1 amide bonds. The minimum atomic E-state index is -0.452. The lowest BCUT2D eigenvalue weighted by molar-refractivity contribution is -0.147. The van der Waals surface area contributed by atoms with Crippen molar-refractivity contribution in [3.63, 3.8) is 0 Å². The monoisotopic (exact) mass is 241 g/mol. The Morgan fingerprint density at radius 1 is 1.24 bits per heavy atom. The van der Waals surface area contributed by atoms with Crippen LogP contribution in [0.4, 0.5) is 0 Å². The van der Waals surface area contributed by atoms with E-state index < -0.39 is 5.97 Å². The molecule has 0 aromatic carbocycles. The summed E-state index contributed by atoms with van der Waals surface area (Å²) in [5.74, 6) is -0.575. The lowest BCUT2D eigenvalue weighted by Crippen LogP contribution is -2.39. The van der Waals surface area contributed by atoms with Crippen molar-refractivity contribution in [2.45, 2.75) is 33.1 Å². The van der Waals surface area contributed by atoms with Crippen molar-refractivity contribution >= 4 is 17.7 Å². The number of hydrogen-bond donors (Lipinski definition) is 0. The number of esters is 1. The normalized spacial score (nSPS) is 16.7. The molecule has 0 unspecified atom stereocenters. The second-order valence-corrected chi connectivity index (χ2v) is 4.23. The number of piperidine rings is 1. The molecule has 5 nitrogen and oxygen atoms in total.